The normalized spacial score (nSPS) is 13.0. The van der Waals surface area contributed by atoms with E-state index in [1.165, 1.54) is 4.90 Å². The van der Waals surface area contributed by atoms with Crippen molar-refractivity contribution in [1.82, 2.24) is 0 Å². The van der Waals surface area contributed by atoms with Crippen LogP contribution >= 0.6 is 44.1 Å². The van der Waals surface area contributed by atoms with Crippen LogP contribution in [-0.4, -0.2) is 16.9 Å². The Bertz CT molecular complexity index is 890. The molecule has 120 valence electrons. The average molecular weight is 466 g/mol. The first-order valence-corrected chi connectivity index (χ1v) is 8.97. The summed E-state index contributed by atoms with van der Waals surface area (Å²) in [5.74, 6) is -1.00. The predicted molar refractivity (Wildman–Crippen MR) is 103 cm³/mol. The molecule has 1 aliphatic heterocycles. The van der Waals surface area contributed by atoms with Gasteiger partial charge in [0.1, 0.15) is 0 Å². The maximum absolute atomic E-state index is 12.3. The second kappa shape index (κ2) is 7.07. The molecule has 0 unspecified atom stereocenters. The van der Waals surface area contributed by atoms with E-state index in [-0.39, 0.29) is 0 Å². The Morgan fingerprint density at radius 3 is 2.42 bits per heavy atom. The lowest BCUT2D eigenvalue weighted by Gasteiger charge is -2.18. The quantitative estimate of drug-likeness (QED) is 0.378. The van der Waals surface area contributed by atoms with Crippen LogP contribution in [-0.2, 0) is 17.9 Å². The van der Waals surface area contributed by atoms with Crippen LogP contribution in [0.25, 0.3) is 0 Å². The molecule has 0 saturated heterocycles. The van der Waals surface area contributed by atoms with Crippen molar-refractivity contribution in [2.24, 2.45) is 4.99 Å². The summed E-state index contributed by atoms with van der Waals surface area (Å²) in [6.07, 6.45) is 0. The molecule has 0 fully saturated rings. The number of nitrogens with zero attached hydrogens (tertiary/aromatic N) is 2. The standard InChI is InChI=1S/C17H10Br2N2O2S/c18-12-5-13-15(14(19)6-12)21(17(23)16(13)22)8-11-3-1-10(2-4-11)7-20-9-24/h1-6H,7-8H2. The van der Waals surface area contributed by atoms with Crippen molar-refractivity contribution in [1.29, 1.82) is 0 Å². The molecule has 0 atom stereocenters. The van der Waals surface area contributed by atoms with Crippen LogP contribution in [0.1, 0.15) is 21.5 Å². The molecule has 2 aromatic carbocycles. The van der Waals surface area contributed by atoms with Gasteiger partial charge in [-0.1, -0.05) is 40.2 Å². The van der Waals surface area contributed by atoms with Gasteiger partial charge < -0.3 is 0 Å². The molecule has 0 aliphatic carbocycles. The zero-order chi connectivity index (χ0) is 17.3. The molecule has 0 N–H and O–H groups in total. The first kappa shape index (κ1) is 17.2. The lowest BCUT2D eigenvalue weighted by molar-refractivity contribution is -0.114. The van der Waals surface area contributed by atoms with Crippen LogP contribution in [0, 0.1) is 0 Å². The van der Waals surface area contributed by atoms with Gasteiger partial charge in [0.05, 0.1) is 29.5 Å². The number of Topliss-reactive ketones (excluding diaryl/α,β-unsaturated/α-hetero) is 1. The van der Waals surface area contributed by atoms with Crippen LogP contribution in [0.3, 0.4) is 0 Å². The van der Waals surface area contributed by atoms with Crippen molar-refractivity contribution in [2.45, 2.75) is 13.1 Å². The fourth-order valence-electron chi connectivity index (χ4n) is 2.56. The zero-order valence-corrected chi connectivity index (χ0v) is 16.2. The highest BCUT2D eigenvalue weighted by atomic mass is 79.9. The first-order chi connectivity index (χ1) is 11.5. The summed E-state index contributed by atoms with van der Waals surface area (Å²) in [5.41, 5.74) is 2.95. The van der Waals surface area contributed by atoms with Gasteiger partial charge in [-0.3, -0.25) is 14.5 Å². The monoisotopic (exact) mass is 464 g/mol. The number of ketones is 1. The van der Waals surface area contributed by atoms with Gasteiger partial charge >= 0.3 is 0 Å². The van der Waals surface area contributed by atoms with Crippen LogP contribution in [0.5, 0.6) is 0 Å². The van der Waals surface area contributed by atoms with Gasteiger partial charge in [0, 0.05) is 8.95 Å². The number of carbonyl (C=O) groups is 2. The highest BCUT2D eigenvalue weighted by Crippen LogP contribution is 2.39. The molecule has 4 nitrogen and oxygen atoms in total. The summed E-state index contributed by atoms with van der Waals surface area (Å²) in [5, 5.41) is 2.33. The number of thiocarbonyl (C=S) groups is 1. The second-order valence-corrected chi connectivity index (χ2v) is 7.18. The molecule has 1 heterocycles. The van der Waals surface area contributed by atoms with E-state index in [1.54, 1.807) is 6.07 Å². The average Bonchev–Trinajstić information content (AvgIpc) is 2.79. The van der Waals surface area contributed by atoms with E-state index in [9.17, 15) is 9.59 Å². The molecule has 0 bridgehead atoms. The molecule has 24 heavy (non-hydrogen) atoms. The highest BCUT2D eigenvalue weighted by molar-refractivity contribution is 9.11. The molecule has 7 heteroatoms. The van der Waals surface area contributed by atoms with Gasteiger partial charge in [0.2, 0.25) is 0 Å². The number of hydrogen-bond acceptors (Lipinski definition) is 4. The first-order valence-electron chi connectivity index (χ1n) is 6.98. The Hall–Kier alpha value is -1.66. The molecular formula is C17H10Br2N2O2S. The van der Waals surface area contributed by atoms with Crippen LogP contribution in [0.4, 0.5) is 5.69 Å². The molecular weight excluding hydrogens is 456 g/mol. The maximum atomic E-state index is 12.3. The Morgan fingerprint density at radius 1 is 1.08 bits per heavy atom. The summed E-state index contributed by atoms with van der Waals surface area (Å²) in [7, 11) is 0. The van der Waals surface area contributed by atoms with Crippen molar-refractivity contribution in [3.63, 3.8) is 0 Å². The van der Waals surface area contributed by atoms with E-state index in [0.717, 1.165) is 15.6 Å². The lowest BCUT2D eigenvalue weighted by atomic mass is 10.1. The van der Waals surface area contributed by atoms with Gasteiger partial charge in [0.15, 0.2) is 0 Å². The third-order valence-corrected chi connectivity index (χ3v) is 4.86. The van der Waals surface area contributed by atoms with E-state index >= 15 is 0 Å². The second-order valence-electron chi connectivity index (χ2n) is 5.23. The number of rotatable bonds is 4. The molecule has 0 aromatic heterocycles. The minimum Gasteiger partial charge on any atom is -0.299 e. The third kappa shape index (κ3) is 3.26. The molecule has 1 amide bonds. The molecule has 3 rings (SSSR count). The highest BCUT2D eigenvalue weighted by Gasteiger charge is 2.37. The Morgan fingerprint density at radius 2 is 1.75 bits per heavy atom. The maximum Gasteiger partial charge on any atom is 0.299 e. The molecule has 0 radical (unpaired) electrons. The van der Waals surface area contributed by atoms with Gasteiger partial charge in [-0.2, -0.15) is 0 Å². The summed E-state index contributed by atoms with van der Waals surface area (Å²) in [4.78, 5) is 29.9. The molecule has 0 saturated carbocycles. The van der Waals surface area contributed by atoms with E-state index in [4.69, 9.17) is 0 Å². The summed E-state index contributed by atoms with van der Waals surface area (Å²) >= 11 is 11.3. The molecule has 1 aliphatic rings. The minimum absolute atomic E-state index is 0.328. The smallest absolute Gasteiger partial charge is 0.299 e. The molecule has 0 spiro atoms. The van der Waals surface area contributed by atoms with Crippen molar-refractivity contribution in [3.05, 3.63) is 62.0 Å². The number of halogens is 2. The van der Waals surface area contributed by atoms with E-state index in [0.29, 0.717) is 28.8 Å². The molecule has 2 aromatic rings. The van der Waals surface area contributed by atoms with Gasteiger partial charge in [0.25, 0.3) is 11.7 Å². The van der Waals surface area contributed by atoms with Gasteiger partial charge in [-0.15, -0.1) is 0 Å². The Labute approximate surface area is 160 Å². The fourth-order valence-corrected chi connectivity index (χ4v) is 4.06. The number of anilines is 1. The zero-order valence-electron chi connectivity index (χ0n) is 12.3. The number of fused-ring (bicyclic) bond motifs is 1. The number of amides is 1. The van der Waals surface area contributed by atoms with Crippen LogP contribution in [0.15, 0.2) is 50.3 Å². The van der Waals surface area contributed by atoms with E-state index < -0.39 is 11.7 Å². The number of hydrogen-bond donors (Lipinski definition) is 0. The van der Waals surface area contributed by atoms with Gasteiger partial charge in [-0.25, -0.2) is 4.99 Å². The number of aliphatic imine (C=N–C) groups is 1. The van der Waals surface area contributed by atoms with Crippen LogP contribution in [0.2, 0.25) is 0 Å². The van der Waals surface area contributed by atoms with E-state index in [2.05, 4.69) is 54.2 Å². The van der Waals surface area contributed by atoms with Gasteiger partial charge in [-0.05, 0) is 51.4 Å². The van der Waals surface area contributed by atoms with Crippen molar-refractivity contribution in [2.75, 3.05) is 4.90 Å². The minimum atomic E-state index is -0.516. The summed E-state index contributed by atoms with van der Waals surface area (Å²) in [6.45, 7) is 0.807. The number of isothiocyanates is 1. The predicted octanol–water partition coefficient (Wildman–Crippen LogP) is 4.54. The summed E-state index contributed by atoms with van der Waals surface area (Å²) in [6, 6.07) is 11.2. The number of benzene rings is 2. The topological polar surface area (TPSA) is 49.7 Å². The van der Waals surface area contributed by atoms with Crippen molar-refractivity contribution < 1.29 is 9.59 Å². The Kier molecular flexibility index (Phi) is 5.06. The van der Waals surface area contributed by atoms with Crippen LogP contribution < -0.4 is 4.90 Å². The van der Waals surface area contributed by atoms with Crippen molar-refractivity contribution >= 4 is 66.6 Å². The van der Waals surface area contributed by atoms with Crippen molar-refractivity contribution in [3.8, 4) is 0 Å². The SMILES string of the molecule is O=C1C(=O)N(Cc2ccc(CN=C=S)cc2)c2c(Br)cc(Br)cc21. The largest absolute Gasteiger partial charge is 0.299 e. The Balaban J connectivity index is 1.90. The third-order valence-electron chi connectivity index (χ3n) is 3.67. The fraction of sp³-hybridized carbons (Fsp3) is 0.118. The van der Waals surface area contributed by atoms with E-state index in [1.807, 2.05) is 30.3 Å². The lowest BCUT2D eigenvalue weighted by Crippen LogP contribution is -2.29. The number of carbonyl (C=O) groups excluding carboxylic acids is 2. The summed E-state index contributed by atoms with van der Waals surface area (Å²) < 4.78 is 1.46.